The van der Waals surface area contributed by atoms with E-state index in [1.807, 2.05) is 26.8 Å². The Balaban J connectivity index is 4.17. The standard InChI is InChI=1S/C7H15BO2/c1-6(8(9)10)5-7(2,3)4/h5,9-10H,1-4H3/b6-5-. The fourth-order valence-electron chi connectivity index (χ4n) is 0.758. The van der Waals surface area contributed by atoms with E-state index in [2.05, 4.69) is 0 Å². The lowest BCUT2D eigenvalue weighted by Crippen LogP contribution is -2.15. The molecule has 0 atom stereocenters. The van der Waals surface area contributed by atoms with Gasteiger partial charge in [0.2, 0.25) is 0 Å². The second kappa shape index (κ2) is 3.22. The highest BCUT2D eigenvalue weighted by molar-refractivity contribution is 6.50. The lowest BCUT2D eigenvalue weighted by Gasteiger charge is -2.13. The van der Waals surface area contributed by atoms with Crippen LogP contribution in [0.2, 0.25) is 0 Å². The van der Waals surface area contributed by atoms with Crippen LogP contribution in [0.5, 0.6) is 0 Å². The average molecular weight is 142 g/mol. The van der Waals surface area contributed by atoms with Crippen LogP contribution in [0.15, 0.2) is 11.5 Å². The Morgan fingerprint density at radius 2 is 1.70 bits per heavy atom. The zero-order valence-electron chi connectivity index (χ0n) is 7.05. The fraction of sp³-hybridized carbons (Fsp3) is 0.714. The molecule has 0 rings (SSSR count). The molecule has 0 aromatic carbocycles. The first-order valence-corrected chi connectivity index (χ1v) is 3.38. The molecular formula is C7H15BO2. The summed E-state index contributed by atoms with van der Waals surface area (Å²) >= 11 is 0. The largest absolute Gasteiger partial charge is 0.483 e. The summed E-state index contributed by atoms with van der Waals surface area (Å²) in [6.45, 7) is 7.74. The second-order valence-electron chi connectivity index (χ2n) is 3.63. The minimum Gasteiger partial charge on any atom is -0.423 e. The summed E-state index contributed by atoms with van der Waals surface area (Å²) in [5, 5.41) is 17.3. The van der Waals surface area contributed by atoms with Crippen molar-refractivity contribution in [2.24, 2.45) is 5.41 Å². The van der Waals surface area contributed by atoms with Gasteiger partial charge in [-0.2, -0.15) is 0 Å². The maximum absolute atomic E-state index is 8.67. The van der Waals surface area contributed by atoms with E-state index in [4.69, 9.17) is 10.0 Å². The van der Waals surface area contributed by atoms with Crippen molar-refractivity contribution in [3.05, 3.63) is 11.5 Å². The molecule has 0 aromatic rings. The van der Waals surface area contributed by atoms with Crippen LogP contribution in [0.4, 0.5) is 0 Å². The van der Waals surface area contributed by atoms with Gasteiger partial charge in [0.05, 0.1) is 0 Å². The fourth-order valence-corrected chi connectivity index (χ4v) is 0.758. The summed E-state index contributed by atoms with van der Waals surface area (Å²) in [6.07, 6.45) is 1.84. The molecule has 0 heterocycles. The van der Waals surface area contributed by atoms with Gasteiger partial charge in [0.15, 0.2) is 0 Å². The SMILES string of the molecule is C/C(=C/C(C)(C)C)B(O)O. The van der Waals surface area contributed by atoms with Crippen LogP contribution in [0.1, 0.15) is 27.7 Å². The highest BCUT2D eigenvalue weighted by atomic mass is 16.4. The first kappa shape index (κ1) is 9.72. The van der Waals surface area contributed by atoms with Gasteiger partial charge in [0.25, 0.3) is 0 Å². The maximum atomic E-state index is 8.67. The maximum Gasteiger partial charge on any atom is 0.483 e. The molecule has 0 saturated carbocycles. The van der Waals surface area contributed by atoms with Crippen molar-refractivity contribution in [3.8, 4) is 0 Å². The quantitative estimate of drug-likeness (QED) is 0.536. The zero-order chi connectivity index (χ0) is 8.36. The highest BCUT2D eigenvalue weighted by Crippen LogP contribution is 2.17. The second-order valence-corrected chi connectivity index (χ2v) is 3.63. The smallest absolute Gasteiger partial charge is 0.423 e. The molecule has 58 valence electrons. The van der Waals surface area contributed by atoms with Crippen LogP contribution in [0.3, 0.4) is 0 Å². The number of hydrogen-bond donors (Lipinski definition) is 2. The van der Waals surface area contributed by atoms with Crippen LogP contribution in [-0.4, -0.2) is 17.2 Å². The molecule has 0 saturated heterocycles. The van der Waals surface area contributed by atoms with Crippen LogP contribution in [0.25, 0.3) is 0 Å². The molecule has 3 heteroatoms. The van der Waals surface area contributed by atoms with Crippen LogP contribution in [-0.2, 0) is 0 Å². The van der Waals surface area contributed by atoms with Crippen molar-refractivity contribution in [1.82, 2.24) is 0 Å². The Kier molecular flexibility index (Phi) is 3.13. The summed E-state index contributed by atoms with van der Waals surface area (Å²) in [5.41, 5.74) is 0.626. The van der Waals surface area contributed by atoms with Gasteiger partial charge in [-0.15, -0.1) is 0 Å². The number of rotatable bonds is 1. The Morgan fingerprint density at radius 3 is 1.80 bits per heavy atom. The van der Waals surface area contributed by atoms with Gasteiger partial charge >= 0.3 is 7.12 Å². The van der Waals surface area contributed by atoms with Gasteiger partial charge in [-0.3, -0.25) is 0 Å². The zero-order valence-corrected chi connectivity index (χ0v) is 7.05. The first-order valence-electron chi connectivity index (χ1n) is 3.38. The third kappa shape index (κ3) is 4.59. The summed E-state index contributed by atoms with van der Waals surface area (Å²) in [7, 11) is -1.31. The molecule has 0 aliphatic heterocycles. The van der Waals surface area contributed by atoms with Gasteiger partial charge in [-0.1, -0.05) is 26.8 Å². The molecule has 0 bridgehead atoms. The van der Waals surface area contributed by atoms with E-state index in [9.17, 15) is 0 Å². The molecule has 0 unspecified atom stereocenters. The van der Waals surface area contributed by atoms with Crippen molar-refractivity contribution >= 4 is 7.12 Å². The summed E-state index contributed by atoms with van der Waals surface area (Å²) < 4.78 is 0. The minimum atomic E-state index is -1.31. The Hall–Kier alpha value is -0.275. The van der Waals surface area contributed by atoms with Gasteiger partial charge in [-0.05, 0) is 17.8 Å². The molecule has 0 aliphatic rings. The van der Waals surface area contributed by atoms with Gasteiger partial charge in [0.1, 0.15) is 0 Å². The van der Waals surface area contributed by atoms with Gasteiger partial charge in [0, 0.05) is 0 Å². The van der Waals surface area contributed by atoms with Crippen molar-refractivity contribution in [2.75, 3.05) is 0 Å². The van der Waals surface area contributed by atoms with E-state index in [0.717, 1.165) is 0 Å². The Morgan fingerprint density at radius 1 is 1.30 bits per heavy atom. The van der Waals surface area contributed by atoms with Crippen LogP contribution in [0, 0.1) is 5.41 Å². The molecule has 2 N–H and O–H groups in total. The number of hydrogen-bond acceptors (Lipinski definition) is 2. The monoisotopic (exact) mass is 142 g/mol. The summed E-state index contributed by atoms with van der Waals surface area (Å²) in [4.78, 5) is 0. The van der Waals surface area contributed by atoms with E-state index in [1.54, 1.807) is 6.92 Å². The Bertz CT molecular complexity index is 133. The molecule has 0 amide bonds. The summed E-state index contributed by atoms with van der Waals surface area (Å²) in [5.74, 6) is 0. The molecule has 10 heavy (non-hydrogen) atoms. The molecular weight excluding hydrogens is 127 g/mol. The van der Waals surface area contributed by atoms with Gasteiger partial charge < -0.3 is 10.0 Å². The van der Waals surface area contributed by atoms with Crippen molar-refractivity contribution in [2.45, 2.75) is 27.7 Å². The molecule has 0 spiro atoms. The minimum absolute atomic E-state index is 0.0216. The Labute approximate surface area is 62.7 Å². The van der Waals surface area contributed by atoms with E-state index in [0.29, 0.717) is 5.47 Å². The summed E-state index contributed by atoms with van der Waals surface area (Å²) in [6, 6.07) is 0. The third-order valence-corrected chi connectivity index (χ3v) is 1.07. The predicted molar refractivity (Wildman–Crippen MR) is 43.4 cm³/mol. The van der Waals surface area contributed by atoms with Gasteiger partial charge in [-0.25, -0.2) is 0 Å². The van der Waals surface area contributed by atoms with Crippen molar-refractivity contribution < 1.29 is 10.0 Å². The lowest BCUT2D eigenvalue weighted by molar-refractivity contribution is 0.416. The third-order valence-electron chi connectivity index (χ3n) is 1.07. The normalized spacial score (nSPS) is 13.6. The van der Waals surface area contributed by atoms with E-state index >= 15 is 0 Å². The first-order chi connectivity index (χ1) is 4.33. The number of allylic oxidation sites excluding steroid dienone is 2. The van der Waals surface area contributed by atoms with E-state index in [-0.39, 0.29) is 5.41 Å². The molecule has 0 aliphatic carbocycles. The molecule has 2 nitrogen and oxygen atoms in total. The highest BCUT2D eigenvalue weighted by Gasteiger charge is 2.13. The average Bonchev–Trinajstić information content (AvgIpc) is 1.60. The van der Waals surface area contributed by atoms with Crippen LogP contribution < -0.4 is 0 Å². The molecule has 0 aromatic heterocycles. The predicted octanol–water partition coefficient (Wildman–Crippen LogP) is 0.991. The lowest BCUT2D eigenvalue weighted by atomic mass is 9.76. The van der Waals surface area contributed by atoms with Crippen molar-refractivity contribution in [1.29, 1.82) is 0 Å². The van der Waals surface area contributed by atoms with E-state index < -0.39 is 7.12 Å². The molecule has 0 radical (unpaired) electrons. The topological polar surface area (TPSA) is 40.5 Å². The van der Waals surface area contributed by atoms with E-state index in [1.165, 1.54) is 0 Å². The van der Waals surface area contributed by atoms with Crippen LogP contribution >= 0.6 is 0 Å². The molecule has 0 fully saturated rings. The van der Waals surface area contributed by atoms with Crippen molar-refractivity contribution in [3.63, 3.8) is 0 Å².